The van der Waals surface area contributed by atoms with Crippen molar-refractivity contribution in [3.05, 3.63) is 46.5 Å². The molecule has 0 atom stereocenters. The molecule has 0 fully saturated rings. The Morgan fingerprint density at radius 2 is 2.11 bits per heavy atom. The van der Waals surface area contributed by atoms with Gasteiger partial charge in [0, 0.05) is 12.4 Å². The first-order valence-corrected chi connectivity index (χ1v) is 7.16. The molecule has 0 saturated carbocycles. The number of aromatic amines is 1. The summed E-state index contributed by atoms with van der Waals surface area (Å²) in [5, 5.41) is 0.198. The topological polar surface area (TPSA) is 74.8 Å². The number of aromatic nitrogens is 2. The maximum Gasteiger partial charge on any atom is 0.242 e. The number of sulfonamides is 1. The largest absolute Gasteiger partial charge is 0.347 e. The fourth-order valence-corrected chi connectivity index (χ4v) is 3.07. The number of hydrogen-bond acceptors (Lipinski definition) is 3. The SMILES string of the molecule is O=S(=O)(NCc1ncc[nH]1)c1cccc(Cl)c1Cl. The van der Waals surface area contributed by atoms with Crippen LogP contribution in [0.3, 0.4) is 0 Å². The summed E-state index contributed by atoms with van der Waals surface area (Å²) in [4.78, 5) is 6.65. The molecule has 2 aromatic rings. The third-order valence-electron chi connectivity index (χ3n) is 2.19. The molecule has 0 aliphatic heterocycles. The highest BCUT2D eigenvalue weighted by Crippen LogP contribution is 2.28. The average Bonchev–Trinajstić information content (AvgIpc) is 2.83. The normalized spacial score (nSPS) is 11.7. The predicted octanol–water partition coefficient (Wildman–Crippen LogP) is 2.19. The van der Waals surface area contributed by atoms with E-state index in [9.17, 15) is 8.42 Å². The van der Waals surface area contributed by atoms with Crippen LogP contribution in [0.25, 0.3) is 0 Å². The zero-order valence-electron chi connectivity index (χ0n) is 9.02. The Morgan fingerprint density at radius 1 is 1.33 bits per heavy atom. The molecule has 0 amide bonds. The van der Waals surface area contributed by atoms with Crippen molar-refractivity contribution < 1.29 is 8.42 Å². The standard InChI is InChI=1S/C10H9Cl2N3O2S/c11-7-2-1-3-8(10(7)12)18(16,17)15-6-9-13-4-5-14-9/h1-5,15H,6H2,(H,13,14). The average molecular weight is 306 g/mol. The summed E-state index contributed by atoms with van der Waals surface area (Å²) >= 11 is 11.6. The summed E-state index contributed by atoms with van der Waals surface area (Å²) in [6.07, 6.45) is 3.14. The number of rotatable bonds is 4. The number of nitrogens with zero attached hydrogens (tertiary/aromatic N) is 1. The summed E-state index contributed by atoms with van der Waals surface area (Å²) in [5.41, 5.74) is 0. The molecular formula is C10H9Cl2N3O2S. The van der Waals surface area contributed by atoms with Gasteiger partial charge in [-0.3, -0.25) is 0 Å². The molecule has 8 heteroatoms. The molecule has 0 unspecified atom stereocenters. The van der Waals surface area contributed by atoms with E-state index in [0.717, 1.165) is 0 Å². The van der Waals surface area contributed by atoms with E-state index in [0.29, 0.717) is 5.82 Å². The van der Waals surface area contributed by atoms with Gasteiger partial charge in [-0.05, 0) is 12.1 Å². The summed E-state index contributed by atoms with van der Waals surface area (Å²) in [6.45, 7) is 0.0537. The van der Waals surface area contributed by atoms with Gasteiger partial charge in [-0.15, -0.1) is 0 Å². The van der Waals surface area contributed by atoms with Crippen molar-refractivity contribution in [1.29, 1.82) is 0 Å². The minimum atomic E-state index is -3.72. The highest BCUT2D eigenvalue weighted by atomic mass is 35.5. The van der Waals surface area contributed by atoms with Crippen LogP contribution in [-0.4, -0.2) is 18.4 Å². The van der Waals surface area contributed by atoms with Crippen LogP contribution in [0.1, 0.15) is 5.82 Å². The Balaban J connectivity index is 2.23. The Kier molecular flexibility index (Phi) is 3.91. The number of H-pyrrole nitrogens is 1. The van der Waals surface area contributed by atoms with E-state index in [2.05, 4.69) is 14.7 Å². The minimum absolute atomic E-state index is 0.00566. The van der Waals surface area contributed by atoms with Crippen molar-refractivity contribution in [2.24, 2.45) is 0 Å². The molecular weight excluding hydrogens is 297 g/mol. The third-order valence-corrected chi connectivity index (χ3v) is 4.56. The number of nitrogens with one attached hydrogen (secondary N) is 2. The highest BCUT2D eigenvalue weighted by molar-refractivity contribution is 7.89. The number of benzene rings is 1. The molecule has 0 bridgehead atoms. The first-order valence-electron chi connectivity index (χ1n) is 4.92. The van der Waals surface area contributed by atoms with Gasteiger partial charge in [-0.1, -0.05) is 29.3 Å². The zero-order chi connectivity index (χ0) is 13.2. The van der Waals surface area contributed by atoms with Gasteiger partial charge in [0.25, 0.3) is 0 Å². The van der Waals surface area contributed by atoms with Crippen LogP contribution in [0, 0.1) is 0 Å². The van der Waals surface area contributed by atoms with E-state index in [1.54, 1.807) is 6.20 Å². The molecule has 0 spiro atoms. The molecule has 1 aromatic heterocycles. The van der Waals surface area contributed by atoms with Crippen molar-refractivity contribution in [1.82, 2.24) is 14.7 Å². The van der Waals surface area contributed by atoms with Crippen LogP contribution in [0.5, 0.6) is 0 Å². The van der Waals surface area contributed by atoms with Crippen LogP contribution in [0.2, 0.25) is 10.0 Å². The number of hydrogen-bond donors (Lipinski definition) is 2. The van der Waals surface area contributed by atoms with Crippen LogP contribution >= 0.6 is 23.2 Å². The van der Waals surface area contributed by atoms with Gasteiger partial charge >= 0.3 is 0 Å². The van der Waals surface area contributed by atoms with Gasteiger partial charge < -0.3 is 4.98 Å². The van der Waals surface area contributed by atoms with E-state index in [4.69, 9.17) is 23.2 Å². The Bertz CT molecular complexity index is 641. The van der Waals surface area contributed by atoms with Gasteiger partial charge in [-0.25, -0.2) is 18.1 Å². The van der Waals surface area contributed by atoms with Gasteiger partial charge in [0.05, 0.1) is 16.6 Å². The predicted molar refractivity (Wildman–Crippen MR) is 69.1 cm³/mol. The molecule has 96 valence electrons. The molecule has 0 radical (unpaired) electrons. The molecule has 1 aromatic carbocycles. The summed E-state index contributed by atoms with van der Waals surface area (Å²) in [5.74, 6) is 0.511. The second-order valence-corrected chi connectivity index (χ2v) is 5.93. The first-order chi connectivity index (χ1) is 8.50. The second-order valence-electron chi connectivity index (χ2n) is 3.41. The lowest BCUT2D eigenvalue weighted by Crippen LogP contribution is -2.24. The van der Waals surface area contributed by atoms with Gasteiger partial charge in [0.2, 0.25) is 10.0 Å². The van der Waals surface area contributed by atoms with E-state index >= 15 is 0 Å². The van der Waals surface area contributed by atoms with Crippen molar-refractivity contribution in [3.8, 4) is 0 Å². The van der Waals surface area contributed by atoms with Crippen molar-refractivity contribution in [2.45, 2.75) is 11.4 Å². The van der Waals surface area contributed by atoms with Gasteiger partial charge in [0.15, 0.2) is 0 Å². The molecule has 18 heavy (non-hydrogen) atoms. The lowest BCUT2D eigenvalue weighted by molar-refractivity contribution is 0.579. The first kappa shape index (κ1) is 13.4. The van der Waals surface area contributed by atoms with Crippen LogP contribution in [-0.2, 0) is 16.6 Å². The van der Waals surface area contributed by atoms with Crippen LogP contribution < -0.4 is 4.72 Å². The Morgan fingerprint density at radius 3 is 2.78 bits per heavy atom. The van der Waals surface area contributed by atoms with Crippen LogP contribution in [0.15, 0.2) is 35.5 Å². The van der Waals surface area contributed by atoms with E-state index < -0.39 is 10.0 Å². The van der Waals surface area contributed by atoms with Gasteiger partial charge in [0.1, 0.15) is 10.7 Å². The molecule has 5 nitrogen and oxygen atoms in total. The zero-order valence-corrected chi connectivity index (χ0v) is 11.4. The molecule has 2 rings (SSSR count). The van der Waals surface area contributed by atoms with Crippen LogP contribution in [0.4, 0.5) is 0 Å². The molecule has 1 heterocycles. The second kappa shape index (κ2) is 5.27. The van der Waals surface area contributed by atoms with E-state index in [-0.39, 0.29) is 21.5 Å². The quantitative estimate of drug-likeness (QED) is 0.909. The molecule has 0 saturated heterocycles. The fourth-order valence-electron chi connectivity index (χ4n) is 1.33. The van der Waals surface area contributed by atoms with E-state index in [1.807, 2.05) is 0 Å². The summed E-state index contributed by atoms with van der Waals surface area (Å²) in [6, 6.07) is 4.43. The van der Waals surface area contributed by atoms with Crippen molar-refractivity contribution in [3.63, 3.8) is 0 Å². The lowest BCUT2D eigenvalue weighted by atomic mass is 10.4. The maximum atomic E-state index is 12.0. The molecule has 2 N–H and O–H groups in total. The fraction of sp³-hybridized carbons (Fsp3) is 0.100. The summed E-state index contributed by atoms with van der Waals surface area (Å²) < 4.78 is 26.4. The minimum Gasteiger partial charge on any atom is -0.347 e. The highest BCUT2D eigenvalue weighted by Gasteiger charge is 2.19. The third kappa shape index (κ3) is 2.84. The molecule has 0 aliphatic rings. The van der Waals surface area contributed by atoms with E-state index in [1.165, 1.54) is 24.4 Å². The Hall–Kier alpha value is -1.08. The van der Waals surface area contributed by atoms with Crippen molar-refractivity contribution in [2.75, 3.05) is 0 Å². The smallest absolute Gasteiger partial charge is 0.242 e. The van der Waals surface area contributed by atoms with Crippen molar-refractivity contribution >= 4 is 33.2 Å². The maximum absolute atomic E-state index is 12.0. The number of imidazole rings is 1. The van der Waals surface area contributed by atoms with Gasteiger partial charge in [-0.2, -0.15) is 0 Å². The number of halogens is 2. The molecule has 0 aliphatic carbocycles. The Labute approximate surface area is 114 Å². The summed E-state index contributed by atoms with van der Waals surface area (Å²) in [7, 11) is -3.72. The monoisotopic (exact) mass is 305 g/mol. The lowest BCUT2D eigenvalue weighted by Gasteiger charge is -2.07.